The second kappa shape index (κ2) is 9.03. The van der Waals surface area contributed by atoms with E-state index in [-0.39, 0.29) is 24.4 Å². The molecule has 2 amide bonds. The average Bonchev–Trinajstić information content (AvgIpc) is 2.44. The summed E-state index contributed by atoms with van der Waals surface area (Å²) < 4.78 is 0. The Morgan fingerprint density at radius 2 is 1.76 bits per heavy atom. The van der Waals surface area contributed by atoms with Crippen molar-refractivity contribution in [2.75, 3.05) is 19.6 Å². The van der Waals surface area contributed by atoms with Crippen LogP contribution in [0.25, 0.3) is 0 Å². The minimum atomic E-state index is -0.0768. The molecule has 1 rings (SSSR count). The van der Waals surface area contributed by atoms with Gasteiger partial charge in [0.1, 0.15) is 0 Å². The van der Waals surface area contributed by atoms with Crippen molar-refractivity contribution in [1.29, 1.82) is 0 Å². The van der Waals surface area contributed by atoms with E-state index in [0.717, 1.165) is 32.2 Å². The van der Waals surface area contributed by atoms with Crippen molar-refractivity contribution in [3.05, 3.63) is 0 Å². The zero-order valence-electron chi connectivity index (χ0n) is 13.7. The van der Waals surface area contributed by atoms with Crippen molar-refractivity contribution >= 4 is 11.8 Å². The van der Waals surface area contributed by atoms with Crippen molar-refractivity contribution in [1.82, 2.24) is 10.2 Å². The van der Waals surface area contributed by atoms with E-state index in [0.29, 0.717) is 24.8 Å². The predicted octanol–water partition coefficient (Wildman–Crippen LogP) is 1.51. The Morgan fingerprint density at radius 1 is 1.19 bits per heavy atom. The van der Waals surface area contributed by atoms with Gasteiger partial charge in [-0.05, 0) is 64.8 Å². The van der Waals surface area contributed by atoms with Gasteiger partial charge >= 0.3 is 0 Å². The van der Waals surface area contributed by atoms with Crippen LogP contribution in [0, 0.1) is 11.8 Å². The fourth-order valence-corrected chi connectivity index (χ4v) is 2.96. The largest absolute Gasteiger partial charge is 0.352 e. The Hall–Kier alpha value is -1.10. The number of rotatable bonds is 7. The number of nitrogens with zero attached hydrogens (tertiary/aromatic N) is 1. The molecule has 5 heteroatoms. The van der Waals surface area contributed by atoms with Crippen LogP contribution in [0.5, 0.6) is 0 Å². The smallest absolute Gasteiger partial charge is 0.239 e. The molecule has 0 aromatic heterocycles. The first-order chi connectivity index (χ1) is 9.96. The highest BCUT2D eigenvalue weighted by atomic mass is 16.2. The monoisotopic (exact) mass is 297 g/mol. The van der Waals surface area contributed by atoms with Gasteiger partial charge in [0.2, 0.25) is 11.8 Å². The number of hydrogen-bond donors (Lipinski definition) is 2. The maximum atomic E-state index is 12.3. The van der Waals surface area contributed by atoms with E-state index in [1.165, 1.54) is 0 Å². The van der Waals surface area contributed by atoms with E-state index in [4.69, 9.17) is 5.73 Å². The number of amides is 2. The van der Waals surface area contributed by atoms with Crippen molar-refractivity contribution in [3.8, 4) is 0 Å². The van der Waals surface area contributed by atoms with Gasteiger partial charge in [0.25, 0.3) is 0 Å². The summed E-state index contributed by atoms with van der Waals surface area (Å²) in [5.74, 6) is 1.12. The lowest BCUT2D eigenvalue weighted by atomic mass is 9.80. The molecule has 0 saturated heterocycles. The van der Waals surface area contributed by atoms with Gasteiger partial charge in [0.05, 0.1) is 6.54 Å². The molecule has 0 heterocycles. The molecule has 3 N–H and O–H groups in total. The first-order valence-electron chi connectivity index (χ1n) is 8.23. The number of carbonyl (C=O) groups excluding carboxylic acids is 2. The van der Waals surface area contributed by atoms with Gasteiger partial charge in [-0.1, -0.05) is 0 Å². The van der Waals surface area contributed by atoms with E-state index < -0.39 is 0 Å². The molecule has 0 aliphatic heterocycles. The molecular formula is C16H31N3O2. The summed E-state index contributed by atoms with van der Waals surface area (Å²) in [5.41, 5.74) is 5.69. The number of carbonyl (C=O) groups is 2. The number of likely N-dealkylation sites (N-methyl/N-ethyl adjacent to an activating group) is 1. The van der Waals surface area contributed by atoms with E-state index >= 15 is 0 Å². The Kier molecular flexibility index (Phi) is 7.72. The SMILES string of the molecule is CCN(CC(=O)NC(C)C)C(=O)CC1CCC(CN)CC1. The van der Waals surface area contributed by atoms with Crippen molar-refractivity contribution in [2.24, 2.45) is 17.6 Å². The molecule has 21 heavy (non-hydrogen) atoms. The highest BCUT2D eigenvalue weighted by Gasteiger charge is 2.24. The minimum Gasteiger partial charge on any atom is -0.352 e. The van der Waals surface area contributed by atoms with E-state index in [1.807, 2.05) is 20.8 Å². The third-order valence-electron chi connectivity index (χ3n) is 4.28. The molecule has 1 aliphatic rings. The first-order valence-corrected chi connectivity index (χ1v) is 8.23. The molecule has 0 aromatic rings. The van der Waals surface area contributed by atoms with E-state index in [1.54, 1.807) is 4.90 Å². The molecule has 0 bridgehead atoms. The van der Waals surface area contributed by atoms with Gasteiger partial charge in [-0.15, -0.1) is 0 Å². The highest BCUT2D eigenvalue weighted by Crippen LogP contribution is 2.30. The topological polar surface area (TPSA) is 75.4 Å². The van der Waals surface area contributed by atoms with Crippen LogP contribution >= 0.6 is 0 Å². The third-order valence-corrected chi connectivity index (χ3v) is 4.28. The Bertz CT molecular complexity index is 336. The first kappa shape index (κ1) is 18.0. The molecule has 1 fully saturated rings. The zero-order chi connectivity index (χ0) is 15.8. The normalized spacial score (nSPS) is 22.1. The van der Waals surface area contributed by atoms with Crippen LogP contribution < -0.4 is 11.1 Å². The van der Waals surface area contributed by atoms with Gasteiger partial charge in [-0.3, -0.25) is 9.59 Å². The van der Waals surface area contributed by atoms with Gasteiger partial charge in [0.15, 0.2) is 0 Å². The van der Waals surface area contributed by atoms with Crippen LogP contribution in [-0.4, -0.2) is 42.4 Å². The molecule has 122 valence electrons. The Morgan fingerprint density at radius 3 is 2.24 bits per heavy atom. The van der Waals surface area contributed by atoms with Gasteiger partial charge in [0, 0.05) is 19.0 Å². The second-order valence-corrected chi connectivity index (χ2v) is 6.46. The maximum absolute atomic E-state index is 12.3. The number of nitrogens with two attached hydrogens (primary N) is 1. The lowest BCUT2D eigenvalue weighted by molar-refractivity contribution is -0.137. The van der Waals surface area contributed by atoms with Crippen LogP contribution in [0.4, 0.5) is 0 Å². The van der Waals surface area contributed by atoms with Crippen LogP contribution in [0.1, 0.15) is 52.9 Å². The minimum absolute atomic E-state index is 0.0768. The second-order valence-electron chi connectivity index (χ2n) is 6.46. The molecule has 1 aliphatic carbocycles. The molecule has 0 spiro atoms. The van der Waals surface area contributed by atoms with Crippen LogP contribution in [0.15, 0.2) is 0 Å². The summed E-state index contributed by atoms with van der Waals surface area (Å²) in [4.78, 5) is 25.8. The number of hydrogen-bond acceptors (Lipinski definition) is 3. The molecule has 5 nitrogen and oxygen atoms in total. The lowest BCUT2D eigenvalue weighted by Crippen LogP contribution is -2.43. The van der Waals surface area contributed by atoms with Crippen molar-refractivity contribution < 1.29 is 9.59 Å². The van der Waals surface area contributed by atoms with E-state index in [2.05, 4.69) is 5.32 Å². The summed E-state index contributed by atoms with van der Waals surface area (Å²) >= 11 is 0. The molecule has 0 unspecified atom stereocenters. The average molecular weight is 297 g/mol. The van der Waals surface area contributed by atoms with Crippen LogP contribution in [-0.2, 0) is 9.59 Å². The summed E-state index contributed by atoms with van der Waals surface area (Å²) in [6.07, 6.45) is 5.01. The third kappa shape index (κ3) is 6.46. The molecule has 0 radical (unpaired) electrons. The van der Waals surface area contributed by atoms with Crippen molar-refractivity contribution in [3.63, 3.8) is 0 Å². The van der Waals surface area contributed by atoms with Crippen molar-refractivity contribution in [2.45, 2.75) is 58.9 Å². The predicted molar refractivity (Wildman–Crippen MR) is 84.7 cm³/mol. The zero-order valence-corrected chi connectivity index (χ0v) is 13.7. The summed E-state index contributed by atoms with van der Waals surface area (Å²) in [7, 11) is 0. The van der Waals surface area contributed by atoms with Crippen LogP contribution in [0.3, 0.4) is 0 Å². The maximum Gasteiger partial charge on any atom is 0.239 e. The summed E-state index contributed by atoms with van der Waals surface area (Å²) in [5, 5.41) is 2.83. The lowest BCUT2D eigenvalue weighted by Gasteiger charge is -2.29. The fraction of sp³-hybridized carbons (Fsp3) is 0.875. The van der Waals surface area contributed by atoms with Crippen LogP contribution in [0.2, 0.25) is 0 Å². The molecule has 1 saturated carbocycles. The van der Waals surface area contributed by atoms with Gasteiger partial charge in [-0.25, -0.2) is 0 Å². The number of nitrogens with one attached hydrogen (secondary N) is 1. The highest BCUT2D eigenvalue weighted by molar-refractivity contribution is 5.85. The molecule has 0 atom stereocenters. The Labute approximate surface area is 128 Å². The summed E-state index contributed by atoms with van der Waals surface area (Å²) in [6.45, 7) is 7.29. The van der Waals surface area contributed by atoms with E-state index in [9.17, 15) is 9.59 Å². The Balaban J connectivity index is 2.39. The molecular weight excluding hydrogens is 266 g/mol. The quantitative estimate of drug-likeness (QED) is 0.748. The molecule has 0 aromatic carbocycles. The van der Waals surface area contributed by atoms with Gasteiger partial charge < -0.3 is 16.0 Å². The standard InChI is InChI=1S/C16H31N3O2/c1-4-19(11-15(20)18-12(2)3)16(21)9-13-5-7-14(10-17)8-6-13/h12-14H,4-11,17H2,1-3H3,(H,18,20). The van der Waals surface area contributed by atoms with Gasteiger partial charge in [-0.2, -0.15) is 0 Å². The summed E-state index contributed by atoms with van der Waals surface area (Å²) in [6, 6.07) is 0.109. The fourth-order valence-electron chi connectivity index (χ4n) is 2.96.